The Labute approximate surface area is 158 Å². The minimum Gasteiger partial charge on any atom is -0.309 e. The van der Waals surface area contributed by atoms with E-state index in [4.69, 9.17) is 4.98 Å². The summed E-state index contributed by atoms with van der Waals surface area (Å²) < 4.78 is 13.7. The van der Waals surface area contributed by atoms with Crippen LogP contribution < -0.4 is 5.56 Å². The Morgan fingerprint density at radius 3 is 2.81 bits per heavy atom. The first kappa shape index (κ1) is 16.3. The van der Waals surface area contributed by atoms with Crippen LogP contribution in [0, 0.1) is 5.95 Å². The fourth-order valence-electron chi connectivity index (χ4n) is 3.75. The Bertz CT molecular complexity index is 1200. The quantitative estimate of drug-likeness (QED) is 0.525. The summed E-state index contributed by atoms with van der Waals surface area (Å²) in [6.45, 7) is 0. The molecule has 6 heteroatoms. The zero-order valence-electron chi connectivity index (χ0n) is 14.4. The van der Waals surface area contributed by atoms with Crippen LogP contribution in [-0.2, 0) is 12.8 Å². The van der Waals surface area contributed by atoms with E-state index in [9.17, 15) is 9.18 Å². The van der Waals surface area contributed by atoms with Gasteiger partial charge in [0.1, 0.15) is 10.5 Å². The zero-order chi connectivity index (χ0) is 18.4. The molecule has 0 fully saturated rings. The molecule has 0 saturated carbocycles. The average molecular weight is 377 g/mol. The van der Waals surface area contributed by atoms with Crippen LogP contribution in [0.1, 0.15) is 29.3 Å². The van der Waals surface area contributed by atoms with E-state index in [0.29, 0.717) is 10.2 Å². The molecule has 1 aliphatic rings. The second-order valence-corrected chi connectivity index (χ2v) is 7.91. The van der Waals surface area contributed by atoms with Gasteiger partial charge in [0.25, 0.3) is 5.56 Å². The maximum atomic E-state index is 13.1. The van der Waals surface area contributed by atoms with Crippen LogP contribution in [0.25, 0.3) is 20.7 Å². The molecule has 0 spiro atoms. The van der Waals surface area contributed by atoms with Crippen molar-refractivity contribution in [2.45, 2.75) is 25.2 Å². The van der Waals surface area contributed by atoms with Gasteiger partial charge in [0.2, 0.25) is 5.95 Å². The maximum Gasteiger partial charge on any atom is 0.268 e. The third-order valence-corrected chi connectivity index (χ3v) is 6.32. The molecule has 1 N–H and O–H groups in total. The molecule has 1 atom stereocenters. The number of aromatic amines is 1. The largest absolute Gasteiger partial charge is 0.309 e. The number of pyridine rings is 1. The number of benzene rings is 1. The molecule has 4 nitrogen and oxygen atoms in total. The highest BCUT2D eigenvalue weighted by Gasteiger charge is 2.23. The van der Waals surface area contributed by atoms with Crippen LogP contribution in [-0.4, -0.2) is 15.0 Å². The van der Waals surface area contributed by atoms with Gasteiger partial charge in [0.15, 0.2) is 0 Å². The molecule has 3 aromatic heterocycles. The average Bonchev–Trinajstić information content (AvgIpc) is 3.13. The van der Waals surface area contributed by atoms with E-state index < -0.39 is 5.95 Å². The molecule has 5 rings (SSSR count). The number of halogens is 1. The van der Waals surface area contributed by atoms with E-state index in [1.807, 2.05) is 6.07 Å². The second-order valence-electron chi connectivity index (χ2n) is 6.85. The fourth-order valence-corrected chi connectivity index (χ4v) is 4.73. The van der Waals surface area contributed by atoms with Gasteiger partial charge in [-0.15, -0.1) is 11.3 Å². The Hall–Kier alpha value is -2.86. The van der Waals surface area contributed by atoms with E-state index in [2.05, 4.69) is 34.2 Å². The lowest BCUT2D eigenvalue weighted by atomic mass is 9.83. The van der Waals surface area contributed by atoms with E-state index in [0.717, 1.165) is 35.5 Å². The molecule has 0 aliphatic heterocycles. The predicted octanol–water partition coefficient (Wildman–Crippen LogP) is 4.46. The highest BCUT2D eigenvalue weighted by Crippen LogP contribution is 2.33. The summed E-state index contributed by atoms with van der Waals surface area (Å²) in [6.07, 6.45) is 4.35. The molecule has 0 bridgehead atoms. The lowest BCUT2D eigenvalue weighted by Gasteiger charge is -2.23. The standard InChI is InChI=1S/C21H16FN3OS/c22-18-8-7-15(11-23-18)17-10-16-19(27-17)21(26)25-20(24-16)14-6-5-12-3-1-2-4-13(12)9-14/h1-4,7-8,10-11,14H,5-6,9H2,(H,24,25,26). The van der Waals surface area contributed by atoms with E-state index in [1.54, 1.807) is 6.07 Å². The molecule has 1 aliphatic carbocycles. The maximum absolute atomic E-state index is 13.1. The number of H-pyrrole nitrogens is 1. The summed E-state index contributed by atoms with van der Waals surface area (Å²) in [5.74, 6) is 0.451. The van der Waals surface area contributed by atoms with Gasteiger partial charge in [-0.05, 0) is 48.6 Å². The van der Waals surface area contributed by atoms with E-state index >= 15 is 0 Å². The van der Waals surface area contributed by atoms with Gasteiger partial charge in [-0.1, -0.05) is 24.3 Å². The molecule has 1 unspecified atom stereocenters. The Morgan fingerprint density at radius 2 is 2.00 bits per heavy atom. The van der Waals surface area contributed by atoms with Crippen LogP contribution in [0.2, 0.25) is 0 Å². The smallest absolute Gasteiger partial charge is 0.268 e. The number of nitrogens with one attached hydrogen (secondary N) is 1. The monoisotopic (exact) mass is 377 g/mol. The first-order valence-corrected chi connectivity index (χ1v) is 9.71. The zero-order valence-corrected chi connectivity index (χ0v) is 15.2. The van der Waals surface area contributed by atoms with Crippen molar-refractivity contribution in [2.75, 3.05) is 0 Å². The molecular weight excluding hydrogens is 361 g/mol. The van der Waals surface area contributed by atoms with Crippen molar-refractivity contribution in [3.63, 3.8) is 0 Å². The Morgan fingerprint density at radius 1 is 1.15 bits per heavy atom. The molecule has 27 heavy (non-hydrogen) atoms. The van der Waals surface area contributed by atoms with Crippen molar-refractivity contribution in [1.82, 2.24) is 15.0 Å². The third kappa shape index (κ3) is 2.96. The summed E-state index contributed by atoms with van der Waals surface area (Å²) >= 11 is 1.36. The first-order valence-electron chi connectivity index (χ1n) is 8.90. The number of aromatic nitrogens is 3. The van der Waals surface area contributed by atoms with Crippen LogP contribution in [0.3, 0.4) is 0 Å². The molecule has 4 aromatic rings. The molecule has 134 valence electrons. The van der Waals surface area contributed by atoms with Gasteiger partial charge < -0.3 is 4.98 Å². The van der Waals surface area contributed by atoms with Crippen LogP contribution in [0.5, 0.6) is 0 Å². The molecule has 1 aromatic carbocycles. The number of thiophene rings is 1. The van der Waals surface area contributed by atoms with Crippen molar-refractivity contribution in [3.05, 3.63) is 81.9 Å². The van der Waals surface area contributed by atoms with Crippen molar-refractivity contribution in [1.29, 1.82) is 0 Å². The Balaban J connectivity index is 1.53. The molecule has 0 saturated heterocycles. The van der Waals surface area contributed by atoms with Crippen molar-refractivity contribution in [2.24, 2.45) is 0 Å². The van der Waals surface area contributed by atoms with Gasteiger partial charge in [-0.3, -0.25) is 4.79 Å². The van der Waals surface area contributed by atoms with Gasteiger partial charge in [-0.25, -0.2) is 9.97 Å². The number of hydrogen-bond donors (Lipinski definition) is 1. The fraction of sp³-hybridized carbons (Fsp3) is 0.190. The lowest BCUT2D eigenvalue weighted by molar-refractivity contribution is 0.556. The topological polar surface area (TPSA) is 58.6 Å². The van der Waals surface area contributed by atoms with Crippen LogP contribution in [0.4, 0.5) is 4.39 Å². The number of nitrogens with zero attached hydrogens (tertiary/aromatic N) is 2. The molecule has 0 radical (unpaired) electrons. The van der Waals surface area contributed by atoms with Gasteiger partial charge >= 0.3 is 0 Å². The van der Waals surface area contributed by atoms with Crippen LogP contribution in [0.15, 0.2) is 53.5 Å². The minimum atomic E-state index is -0.518. The van der Waals surface area contributed by atoms with E-state index in [1.165, 1.54) is 34.7 Å². The summed E-state index contributed by atoms with van der Waals surface area (Å²) in [5, 5.41) is 0. The minimum absolute atomic E-state index is 0.111. The van der Waals surface area contributed by atoms with Crippen molar-refractivity contribution < 1.29 is 4.39 Å². The summed E-state index contributed by atoms with van der Waals surface area (Å²) in [6, 6.07) is 13.3. The molecule has 0 amide bonds. The highest BCUT2D eigenvalue weighted by atomic mass is 32.1. The number of fused-ring (bicyclic) bond motifs is 2. The lowest BCUT2D eigenvalue weighted by Crippen LogP contribution is -2.19. The molecule has 3 heterocycles. The Kier molecular flexibility index (Phi) is 3.86. The summed E-state index contributed by atoms with van der Waals surface area (Å²) in [7, 11) is 0. The second kappa shape index (κ2) is 6.39. The van der Waals surface area contributed by atoms with Gasteiger partial charge in [0, 0.05) is 22.6 Å². The SMILES string of the molecule is O=c1[nH]c(C2CCc3ccccc3C2)nc2cc(-c3ccc(F)nc3)sc12. The number of aryl methyl sites for hydroxylation is 1. The highest BCUT2D eigenvalue weighted by molar-refractivity contribution is 7.22. The van der Waals surface area contributed by atoms with Crippen LogP contribution >= 0.6 is 11.3 Å². The third-order valence-electron chi connectivity index (χ3n) is 5.15. The number of hydrogen-bond acceptors (Lipinski definition) is 4. The normalized spacial score (nSPS) is 16.4. The predicted molar refractivity (Wildman–Crippen MR) is 105 cm³/mol. The van der Waals surface area contributed by atoms with Crippen molar-refractivity contribution >= 4 is 21.6 Å². The van der Waals surface area contributed by atoms with Crippen molar-refractivity contribution in [3.8, 4) is 10.4 Å². The summed E-state index contributed by atoms with van der Waals surface area (Å²) in [5.41, 5.74) is 4.09. The summed E-state index contributed by atoms with van der Waals surface area (Å²) in [4.78, 5) is 24.9. The number of rotatable bonds is 2. The molecular formula is C21H16FN3OS. The van der Waals surface area contributed by atoms with Gasteiger partial charge in [0.05, 0.1) is 5.52 Å². The van der Waals surface area contributed by atoms with E-state index in [-0.39, 0.29) is 11.5 Å². The van der Waals surface area contributed by atoms with Gasteiger partial charge in [-0.2, -0.15) is 4.39 Å². The first-order chi connectivity index (χ1) is 13.2.